The molecule has 0 saturated heterocycles. The summed E-state index contributed by atoms with van der Waals surface area (Å²) in [5, 5.41) is 8.40. The van der Waals surface area contributed by atoms with Crippen LogP contribution in [0.25, 0.3) is 0 Å². The van der Waals surface area contributed by atoms with E-state index in [0.717, 1.165) is 6.42 Å². The van der Waals surface area contributed by atoms with E-state index in [1.54, 1.807) is 7.11 Å². The third-order valence-electron chi connectivity index (χ3n) is 0.992. The van der Waals surface area contributed by atoms with E-state index in [9.17, 15) is 0 Å². The summed E-state index contributed by atoms with van der Waals surface area (Å²) in [5.41, 5.74) is 0. The standard InChI is InChI=1S/C5H12O2.C2H6/c1-3-5(4-6)7-2;1-2/h5-6H,3-4H2,1-2H3;1-2H3. The van der Waals surface area contributed by atoms with Gasteiger partial charge in [-0.3, -0.25) is 0 Å². The molecule has 0 spiro atoms. The molecule has 58 valence electrons. The van der Waals surface area contributed by atoms with Gasteiger partial charge in [0.15, 0.2) is 0 Å². The molecular weight excluding hydrogens is 116 g/mol. The van der Waals surface area contributed by atoms with Crippen molar-refractivity contribution in [2.24, 2.45) is 0 Å². The minimum absolute atomic E-state index is 0.0417. The van der Waals surface area contributed by atoms with Crippen molar-refractivity contribution >= 4 is 0 Å². The van der Waals surface area contributed by atoms with Gasteiger partial charge < -0.3 is 9.84 Å². The van der Waals surface area contributed by atoms with E-state index in [1.807, 2.05) is 20.8 Å². The summed E-state index contributed by atoms with van der Waals surface area (Å²) in [4.78, 5) is 0. The molecule has 0 aliphatic heterocycles. The number of hydrogen-bond acceptors (Lipinski definition) is 2. The predicted molar refractivity (Wildman–Crippen MR) is 39.5 cm³/mol. The molecule has 0 radical (unpaired) electrons. The fourth-order valence-electron chi connectivity index (χ4n) is 0.370. The Morgan fingerprint density at radius 1 is 1.44 bits per heavy atom. The van der Waals surface area contributed by atoms with Gasteiger partial charge in [-0.15, -0.1) is 0 Å². The third-order valence-corrected chi connectivity index (χ3v) is 0.992. The lowest BCUT2D eigenvalue weighted by atomic mass is 10.3. The van der Waals surface area contributed by atoms with Crippen molar-refractivity contribution < 1.29 is 9.84 Å². The maximum atomic E-state index is 8.40. The zero-order valence-corrected chi connectivity index (χ0v) is 6.85. The van der Waals surface area contributed by atoms with E-state index in [0.29, 0.717) is 0 Å². The van der Waals surface area contributed by atoms with Crippen LogP contribution in [0.1, 0.15) is 27.2 Å². The van der Waals surface area contributed by atoms with E-state index in [2.05, 4.69) is 0 Å². The Morgan fingerprint density at radius 3 is 1.89 bits per heavy atom. The molecule has 0 aliphatic carbocycles. The van der Waals surface area contributed by atoms with Crippen molar-refractivity contribution in [1.29, 1.82) is 0 Å². The highest BCUT2D eigenvalue weighted by atomic mass is 16.5. The second kappa shape index (κ2) is 10.8. The van der Waals surface area contributed by atoms with E-state index in [-0.39, 0.29) is 12.7 Å². The Labute approximate surface area is 57.8 Å². The largest absolute Gasteiger partial charge is 0.394 e. The van der Waals surface area contributed by atoms with E-state index >= 15 is 0 Å². The molecule has 9 heavy (non-hydrogen) atoms. The van der Waals surface area contributed by atoms with Crippen LogP contribution in [0.3, 0.4) is 0 Å². The maximum absolute atomic E-state index is 8.40. The number of rotatable bonds is 3. The molecule has 0 bridgehead atoms. The molecule has 0 rings (SSSR count). The van der Waals surface area contributed by atoms with Crippen molar-refractivity contribution in [3.63, 3.8) is 0 Å². The number of aliphatic hydroxyl groups excluding tert-OH is 1. The number of hydrogen-bond donors (Lipinski definition) is 1. The van der Waals surface area contributed by atoms with Crippen molar-refractivity contribution in [3.05, 3.63) is 0 Å². The Kier molecular flexibility index (Phi) is 14.0. The van der Waals surface area contributed by atoms with Gasteiger partial charge in [0.05, 0.1) is 12.7 Å². The molecular formula is C7H18O2. The van der Waals surface area contributed by atoms with Crippen LogP contribution in [0, 0.1) is 0 Å². The monoisotopic (exact) mass is 134 g/mol. The Morgan fingerprint density at radius 2 is 1.89 bits per heavy atom. The van der Waals surface area contributed by atoms with Crippen LogP contribution in [0.2, 0.25) is 0 Å². The summed E-state index contributed by atoms with van der Waals surface area (Å²) < 4.78 is 4.80. The van der Waals surface area contributed by atoms with E-state index in [4.69, 9.17) is 9.84 Å². The lowest BCUT2D eigenvalue weighted by molar-refractivity contribution is 0.0467. The normalized spacial score (nSPS) is 11.7. The number of aliphatic hydroxyl groups is 1. The van der Waals surface area contributed by atoms with Gasteiger partial charge in [0.25, 0.3) is 0 Å². The fourth-order valence-corrected chi connectivity index (χ4v) is 0.370. The SMILES string of the molecule is CC.CCC(CO)OC. The Hall–Kier alpha value is -0.0800. The van der Waals surface area contributed by atoms with Crippen LogP contribution < -0.4 is 0 Å². The van der Waals surface area contributed by atoms with Gasteiger partial charge in [0.2, 0.25) is 0 Å². The number of ether oxygens (including phenoxy) is 1. The van der Waals surface area contributed by atoms with Crippen molar-refractivity contribution in [2.75, 3.05) is 13.7 Å². The van der Waals surface area contributed by atoms with Gasteiger partial charge in [-0.25, -0.2) is 0 Å². The molecule has 0 aromatic rings. The Bertz CT molecular complexity index is 28.4. The smallest absolute Gasteiger partial charge is 0.0799 e. The molecule has 2 heteroatoms. The van der Waals surface area contributed by atoms with Crippen LogP contribution in [0.4, 0.5) is 0 Å². The first-order valence-electron chi connectivity index (χ1n) is 3.48. The molecule has 0 aliphatic rings. The highest BCUT2D eigenvalue weighted by Gasteiger charge is 1.97. The van der Waals surface area contributed by atoms with Crippen molar-refractivity contribution in [3.8, 4) is 0 Å². The predicted octanol–water partition coefficient (Wildman–Crippen LogP) is 1.43. The van der Waals surface area contributed by atoms with Crippen molar-refractivity contribution in [2.45, 2.75) is 33.3 Å². The molecule has 1 N–H and O–H groups in total. The molecule has 0 amide bonds. The quantitative estimate of drug-likeness (QED) is 0.632. The van der Waals surface area contributed by atoms with Gasteiger partial charge in [-0.1, -0.05) is 20.8 Å². The summed E-state index contributed by atoms with van der Waals surface area (Å²) in [7, 11) is 1.60. The lowest BCUT2D eigenvalue weighted by Gasteiger charge is -2.06. The van der Waals surface area contributed by atoms with Gasteiger partial charge >= 0.3 is 0 Å². The van der Waals surface area contributed by atoms with Crippen LogP contribution >= 0.6 is 0 Å². The summed E-state index contributed by atoms with van der Waals surface area (Å²) >= 11 is 0. The molecule has 0 fully saturated rings. The first-order chi connectivity index (χ1) is 4.35. The zero-order chi connectivity index (χ0) is 7.70. The van der Waals surface area contributed by atoms with Gasteiger partial charge in [0.1, 0.15) is 0 Å². The van der Waals surface area contributed by atoms with Gasteiger partial charge in [0, 0.05) is 7.11 Å². The molecule has 0 aromatic heterocycles. The molecule has 0 aromatic carbocycles. The molecule has 2 nitrogen and oxygen atoms in total. The third kappa shape index (κ3) is 7.92. The highest BCUT2D eigenvalue weighted by Crippen LogP contribution is 1.91. The average Bonchev–Trinajstić information content (AvgIpc) is 1.96. The lowest BCUT2D eigenvalue weighted by Crippen LogP contribution is -2.13. The Balaban J connectivity index is 0. The first kappa shape index (κ1) is 11.7. The second-order valence-corrected chi connectivity index (χ2v) is 1.45. The molecule has 1 unspecified atom stereocenters. The summed E-state index contributed by atoms with van der Waals surface area (Å²) in [6.45, 7) is 6.11. The zero-order valence-electron chi connectivity index (χ0n) is 6.85. The van der Waals surface area contributed by atoms with Crippen LogP contribution in [0.15, 0.2) is 0 Å². The summed E-state index contributed by atoms with van der Waals surface area (Å²) in [6.07, 6.45) is 0.924. The van der Waals surface area contributed by atoms with Gasteiger partial charge in [-0.05, 0) is 6.42 Å². The van der Waals surface area contributed by atoms with Crippen LogP contribution in [-0.4, -0.2) is 24.9 Å². The van der Waals surface area contributed by atoms with Crippen molar-refractivity contribution in [1.82, 2.24) is 0 Å². The molecule has 0 heterocycles. The minimum atomic E-state index is 0.0417. The second-order valence-electron chi connectivity index (χ2n) is 1.45. The first-order valence-corrected chi connectivity index (χ1v) is 3.48. The van der Waals surface area contributed by atoms with E-state index < -0.39 is 0 Å². The topological polar surface area (TPSA) is 29.5 Å². The van der Waals surface area contributed by atoms with E-state index in [1.165, 1.54) is 0 Å². The minimum Gasteiger partial charge on any atom is -0.394 e. The summed E-state index contributed by atoms with van der Waals surface area (Å²) in [6, 6.07) is 0. The maximum Gasteiger partial charge on any atom is 0.0799 e. The average molecular weight is 134 g/mol. The van der Waals surface area contributed by atoms with Crippen LogP contribution in [0.5, 0.6) is 0 Å². The van der Waals surface area contributed by atoms with Crippen LogP contribution in [-0.2, 0) is 4.74 Å². The number of methoxy groups -OCH3 is 1. The highest BCUT2D eigenvalue weighted by molar-refractivity contribution is 4.47. The molecule has 0 saturated carbocycles. The van der Waals surface area contributed by atoms with Gasteiger partial charge in [-0.2, -0.15) is 0 Å². The molecule has 1 atom stereocenters. The summed E-state index contributed by atoms with van der Waals surface area (Å²) in [5.74, 6) is 0. The fraction of sp³-hybridized carbons (Fsp3) is 1.00.